The molecule has 0 aliphatic carbocycles. The van der Waals surface area contributed by atoms with Gasteiger partial charge in [0.05, 0.1) is 12.0 Å². The van der Waals surface area contributed by atoms with Gasteiger partial charge in [0.2, 0.25) is 0 Å². The summed E-state index contributed by atoms with van der Waals surface area (Å²) in [5.41, 5.74) is 1.59. The van der Waals surface area contributed by atoms with E-state index in [0.717, 1.165) is 5.56 Å². The van der Waals surface area contributed by atoms with Gasteiger partial charge < -0.3 is 19.0 Å². The predicted octanol–water partition coefficient (Wildman–Crippen LogP) is 5.95. The molecule has 6 nitrogen and oxygen atoms in total. The number of furan rings is 1. The Bertz CT molecular complexity index is 1130. The Morgan fingerprint density at radius 3 is 2.12 bits per heavy atom. The standard InChI is InChI=1S/C26H25NO5/c1-26(2,3)32-25(29)27-20(18-11-6-4-7-12-18)17-31-24(23(28)21-15-10-16-30-21)22(27)19-13-8-5-9-14-19/h4-17,23,28H,1-3H3. The van der Waals surface area contributed by atoms with Crippen LogP contribution in [0.2, 0.25) is 0 Å². The highest BCUT2D eigenvalue weighted by Gasteiger charge is 2.37. The van der Waals surface area contributed by atoms with Crippen LogP contribution in [0.1, 0.15) is 43.8 Å². The fourth-order valence-electron chi connectivity index (χ4n) is 3.40. The molecule has 0 saturated heterocycles. The fraction of sp³-hybridized carbons (Fsp3) is 0.192. The van der Waals surface area contributed by atoms with E-state index >= 15 is 0 Å². The molecule has 32 heavy (non-hydrogen) atoms. The molecule has 1 aliphatic rings. The molecule has 0 fully saturated rings. The number of carbonyl (C=O) groups excluding carboxylic acids is 1. The van der Waals surface area contributed by atoms with Crippen LogP contribution in [0, 0.1) is 0 Å². The van der Waals surface area contributed by atoms with E-state index in [0.29, 0.717) is 22.7 Å². The lowest BCUT2D eigenvalue weighted by Crippen LogP contribution is -2.37. The number of amides is 1. The maximum atomic E-state index is 13.5. The van der Waals surface area contributed by atoms with Crippen LogP contribution in [0.4, 0.5) is 4.79 Å². The normalized spacial score (nSPS) is 15.1. The summed E-state index contributed by atoms with van der Waals surface area (Å²) in [5.74, 6) is 0.464. The zero-order valence-electron chi connectivity index (χ0n) is 18.2. The van der Waals surface area contributed by atoms with E-state index in [2.05, 4.69) is 0 Å². The van der Waals surface area contributed by atoms with Gasteiger partial charge in [-0.2, -0.15) is 0 Å². The maximum absolute atomic E-state index is 13.5. The summed E-state index contributed by atoms with van der Waals surface area (Å²) >= 11 is 0. The highest BCUT2D eigenvalue weighted by molar-refractivity contribution is 5.95. The summed E-state index contributed by atoms with van der Waals surface area (Å²) in [6.07, 6.45) is 1.12. The molecule has 0 radical (unpaired) electrons. The van der Waals surface area contributed by atoms with Gasteiger partial charge in [0.1, 0.15) is 23.3 Å². The lowest BCUT2D eigenvalue weighted by molar-refractivity contribution is 0.0403. The Morgan fingerprint density at radius 2 is 1.56 bits per heavy atom. The average molecular weight is 431 g/mol. The van der Waals surface area contributed by atoms with Crippen molar-refractivity contribution in [1.29, 1.82) is 0 Å². The third-order valence-electron chi connectivity index (χ3n) is 4.75. The number of ether oxygens (including phenoxy) is 2. The van der Waals surface area contributed by atoms with Gasteiger partial charge in [-0.3, -0.25) is 0 Å². The summed E-state index contributed by atoms with van der Waals surface area (Å²) in [4.78, 5) is 14.9. The summed E-state index contributed by atoms with van der Waals surface area (Å²) in [5, 5.41) is 11.1. The van der Waals surface area contributed by atoms with Crippen molar-refractivity contribution in [2.75, 3.05) is 0 Å². The molecular formula is C26H25NO5. The Hall–Kier alpha value is -3.77. The Kier molecular flexibility index (Phi) is 5.88. The van der Waals surface area contributed by atoms with Crippen LogP contribution in [-0.4, -0.2) is 21.7 Å². The van der Waals surface area contributed by atoms with Crippen LogP contribution in [0.5, 0.6) is 0 Å². The van der Waals surface area contributed by atoms with Crippen LogP contribution in [-0.2, 0) is 9.47 Å². The second-order valence-corrected chi connectivity index (χ2v) is 8.30. The first kappa shape index (κ1) is 21.5. The third kappa shape index (κ3) is 4.45. The summed E-state index contributed by atoms with van der Waals surface area (Å²) in [6, 6.07) is 22.0. The number of aliphatic hydroxyl groups excluding tert-OH is 1. The molecule has 1 aliphatic heterocycles. The van der Waals surface area contributed by atoms with E-state index in [1.165, 1.54) is 17.4 Å². The molecule has 0 saturated carbocycles. The van der Waals surface area contributed by atoms with Gasteiger partial charge in [-0.05, 0) is 32.9 Å². The van der Waals surface area contributed by atoms with E-state index < -0.39 is 17.8 Å². The molecule has 1 aromatic heterocycles. The van der Waals surface area contributed by atoms with Crippen molar-refractivity contribution in [1.82, 2.24) is 4.90 Å². The number of rotatable bonds is 4. The first-order chi connectivity index (χ1) is 15.3. The zero-order chi connectivity index (χ0) is 22.7. The van der Waals surface area contributed by atoms with Crippen LogP contribution in [0.15, 0.2) is 95.5 Å². The molecule has 1 atom stereocenters. The number of benzene rings is 2. The SMILES string of the molecule is CC(C)(C)OC(=O)N1C(c2ccccc2)=COC(C(O)c2ccco2)=C1c1ccccc1. The molecule has 1 unspecified atom stereocenters. The lowest BCUT2D eigenvalue weighted by atomic mass is 10.0. The van der Waals surface area contributed by atoms with Crippen molar-refractivity contribution in [3.8, 4) is 0 Å². The first-order valence-corrected chi connectivity index (χ1v) is 10.3. The number of aliphatic hydroxyl groups is 1. The van der Waals surface area contributed by atoms with Gasteiger partial charge in [-0.1, -0.05) is 60.7 Å². The molecule has 2 heterocycles. The van der Waals surface area contributed by atoms with Crippen molar-refractivity contribution in [2.45, 2.75) is 32.5 Å². The van der Waals surface area contributed by atoms with Gasteiger partial charge in [0.15, 0.2) is 11.9 Å². The van der Waals surface area contributed by atoms with E-state index in [1.54, 1.807) is 12.1 Å². The number of hydrogen-bond donors (Lipinski definition) is 1. The minimum absolute atomic E-state index is 0.164. The Balaban J connectivity index is 1.91. The van der Waals surface area contributed by atoms with Crippen LogP contribution < -0.4 is 0 Å². The van der Waals surface area contributed by atoms with Crippen molar-refractivity contribution < 1.29 is 23.8 Å². The van der Waals surface area contributed by atoms with Crippen molar-refractivity contribution in [3.63, 3.8) is 0 Å². The molecular weight excluding hydrogens is 406 g/mol. The molecule has 0 bridgehead atoms. The van der Waals surface area contributed by atoms with E-state index in [1.807, 2.05) is 81.4 Å². The fourth-order valence-corrected chi connectivity index (χ4v) is 3.40. The topological polar surface area (TPSA) is 72.1 Å². The van der Waals surface area contributed by atoms with Crippen LogP contribution >= 0.6 is 0 Å². The molecule has 1 N–H and O–H groups in total. The predicted molar refractivity (Wildman–Crippen MR) is 121 cm³/mol. The van der Waals surface area contributed by atoms with Crippen molar-refractivity contribution in [3.05, 3.63) is 108 Å². The summed E-state index contributed by atoms with van der Waals surface area (Å²) < 4.78 is 17.1. The molecule has 3 aromatic rings. The van der Waals surface area contributed by atoms with Gasteiger partial charge in [-0.25, -0.2) is 9.69 Å². The highest BCUT2D eigenvalue weighted by Crippen LogP contribution is 2.41. The van der Waals surface area contributed by atoms with Gasteiger partial charge >= 0.3 is 6.09 Å². The smallest absolute Gasteiger partial charge is 0.419 e. The van der Waals surface area contributed by atoms with Gasteiger partial charge in [0, 0.05) is 11.1 Å². The Morgan fingerprint density at radius 1 is 0.938 bits per heavy atom. The van der Waals surface area contributed by atoms with E-state index in [-0.39, 0.29) is 5.76 Å². The second kappa shape index (κ2) is 8.77. The van der Waals surface area contributed by atoms with E-state index in [4.69, 9.17) is 13.9 Å². The largest absolute Gasteiger partial charge is 0.466 e. The summed E-state index contributed by atoms with van der Waals surface area (Å²) in [6.45, 7) is 5.42. The summed E-state index contributed by atoms with van der Waals surface area (Å²) in [7, 11) is 0. The van der Waals surface area contributed by atoms with Crippen molar-refractivity contribution >= 4 is 17.5 Å². The number of nitrogens with zero attached hydrogens (tertiary/aromatic N) is 1. The maximum Gasteiger partial charge on any atom is 0.419 e. The van der Waals surface area contributed by atoms with E-state index in [9.17, 15) is 9.90 Å². The quantitative estimate of drug-likeness (QED) is 0.553. The minimum atomic E-state index is -1.22. The molecule has 0 spiro atoms. The molecule has 6 heteroatoms. The number of hydrogen-bond acceptors (Lipinski definition) is 5. The number of carbonyl (C=O) groups is 1. The first-order valence-electron chi connectivity index (χ1n) is 10.3. The zero-order valence-corrected chi connectivity index (χ0v) is 18.2. The molecule has 4 rings (SSSR count). The molecule has 1 amide bonds. The monoisotopic (exact) mass is 431 g/mol. The lowest BCUT2D eigenvalue weighted by Gasteiger charge is -2.35. The highest BCUT2D eigenvalue weighted by atomic mass is 16.6. The average Bonchev–Trinajstić information content (AvgIpc) is 3.32. The third-order valence-corrected chi connectivity index (χ3v) is 4.75. The van der Waals surface area contributed by atoms with Gasteiger partial charge in [-0.15, -0.1) is 0 Å². The molecule has 164 valence electrons. The Labute approximate surface area is 187 Å². The van der Waals surface area contributed by atoms with Crippen LogP contribution in [0.3, 0.4) is 0 Å². The minimum Gasteiger partial charge on any atom is -0.466 e. The van der Waals surface area contributed by atoms with Crippen molar-refractivity contribution in [2.24, 2.45) is 0 Å². The molecule has 2 aromatic carbocycles. The van der Waals surface area contributed by atoms with Crippen LogP contribution in [0.25, 0.3) is 11.4 Å². The second-order valence-electron chi connectivity index (χ2n) is 8.30. The van der Waals surface area contributed by atoms with Gasteiger partial charge in [0.25, 0.3) is 0 Å².